The van der Waals surface area contributed by atoms with Gasteiger partial charge < -0.3 is 4.55 Å². The van der Waals surface area contributed by atoms with E-state index in [9.17, 15) is 13.0 Å². The maximum absolute atomic E-state index is 13.4. The van der Waals surface area contributed by atoms with Crippen molar-refractivity contribution in [2.75, 3.05) is 5.75 Å². The van der Waals surface area contributed by atoms with Gasteiger partial charge in [0.25, 0.3) is 0 Å². The van der Waals surface area contributed by atoms with Crippen LogP contribution in [-0.4, -0.2) is 23.7 Å². The van der Waals surface area contributed by atoms with Crippen LogP contribution in [0.25, 0.3) is 21.3 Å². The largest absolute Gasteiger partial charge is 0.611 e. The number of sulfone groups is 1. The third-order valence-corrected chi connectivity index (χ3v) is 10.1. The van der Waals surface area contributed by atoms with Crippen LogP contribution in [0.1, 0.15) is 13.8 Å². The minimum absolute atomic E-state index is 0.0788. The monoisotopic (exact) mass is 489 g/mol. The van der Waals surface area contributed by atoms with Gasteiger partial charge in [-0.3, -0.25) is 0 Å². The fourth-order valence-electron chi connectivity index (χ4n) is 3.16. The van der Waals surface area contributed by atoms with Crippen LogP contribution >= 0.6 is 22.9 Å². The van der Waals surface area contributed by atoms with Crippen molar-refractivity contribution in [2.45, 2.75) is 28.0 Å². The van der Waals surface area contributed by atoms with Crippen molar-refractivity contribution < 1.29 is 13.0 Å². The summed E-state index contributed by atoms with van der Waals surface area (Å²) < 4.78 is 40.1. The van der Waals surface area contributed by atoms with Crippen LogP contribution in [0, 0.1) is 5.92 Å². The van der Waals surface area contributed by atoms with Gasteiger partial charge in [-0.1, -0.05) is 73.2 Å². The van der Waals surface area contributed by atoms with E-state index in [-0.39, 0.29) is 20.0 Å². The average molecular weight is 490 g/mol. The second-order valence-electron chi connectivity index (χ2n) is 7.54. The van der Waals surface area contributed by atoms with Crippen molar-refractivity contribution in [1.82, 2.24) is 4.98 Å². The van der Waals surface area contributed by atoms with Crippen LogP contribution in [0.2, 0.25) is 5.02 Å². The lowest BCUT2D eigenvalue weighted by Crippen LogP contribution is -2.14. The lowest BCUT2D eigenvalue weighted by atomic mass is 10.1. The van der Waals surface area contributed by atoms with E-state index in [4.69, 9.17) is 11.6 Å². The Bertz CT molecular complexity index is 1330. The van der Waals surface area contributed by atoms with Gasteiger partial charge in [0.05, 0.1) is 4.90 Å². The summed E-state index contributed by atoms with van der Waals surface area (Å²) in [5, 5.41) is 2.95. The molecule has 0 bridgehead atoms. The predicted octanol–water partition coefficient (Wildman–Crippen LogP) is 6.21. The van der Waals surface area contributed by atoms with Crippen LogP contribution < -0.4 is 0 Å². The highest BCUT2D eigenvalue weighted by molar-refractivity contribution is 7.96. The van der Waals surface area contributed by atoms with Gasteiger partial charge in [-0.05, 0) is 58.2 Å². The van der Waals surface area contributed by atoms with E-state index >= 15 is 0 Å². The molecular formula is C23H20ClNO3S3. The lowest BCUT2D eigenvalue weighted by Gasteiger charge is -2.12. The molecule has 4 rings (SSSR count). The van der Waals surface area contributed by atoms with Crippen molar-refractivity contribution in [1.29, 1.82) is 0 Å². The molecule has 0 N–H and O–H groups in total. The lowest BCUT2D eigenvalue weighted by molar-refractivity contribution is 0.574. The fourth-order valence-corrected chi connectivity index (χ4v) is 8.05. The second kappa shape index (κ2) is 8.92. The Hall–Kier alpha value is -1.90. The van der Waals surface area contributed by atoms with E-state index in [0.717, 1.165) is 16.3 Å². The molecule has 0 saturated carbocycles. The summed E-state index contributed by atoms with van der Waals surface area (Å²) in [5.74, 6) is 0.515. The van der Waals surface area contributed by atoms with E-state index in [1.165, 1.54) is 35.6 Å². The summed E-state index contributed by atoms with van der Waals surface area (Å²) in [4.78, 5) is 4.57. The highest BCUT2D eigenvalue weighted by Gasteiger charge is 2.33. The Morgan fingerprint density at radius 1 is 1.03 bits per heavy atom. The first-order chi connectivity index (χ1) is 14.8. The number of benzene rings is 3. The zero-order chi connectivity index (χ0) is 22.2. The number of aromatic nitrogens is 1. The van der Waals surface area contributed by atoms with Gasteiger partial charge in [0.2, 0.25) is 19.1 Å². The van der Waals surface area contributed by atoms with E-state index in [1.807, 2.05) is 56.3 Å². The molecule has 31 heavy (non-hydrogen) atoms. The highest BCUT2D eigenvalue weighted by atomic mass is 35.5. The van der Waals surface area contributed by atoms with Gasteiger partial charge in [-0.2, -0.15) is 0 Å². The van der Waals surface area contributed by atoms with Crippen LogP contribution in [0.5, 0.6) is 0 Å². The average Bonchev–Trinajstić information content (AvgIpc) is 3.20. The molecule has 0 amide bonds. The molecule has 4 nitrogen and oxygen atoms in total. The maximum atomic E-state index is 13.4. The Labute approximate surface area is 194 Å². The van der Waals surface area contributed by atoms with Crippen LogP contribution in [0.3, 0.4) is 0 Å². The SMILES string of the molecule is CC(C)C[S+]([O-])c1sc(-c2ccc3ccccc3c2)nc1S(=O)(=O)c1ccc(Cl)cc1. The molecule has 1 aromatic heterocycles. The Balaban J connectivity index is 1.86. The molecule has 0 saturated heterocycles. The van der Waals surface area contributed by atoms with Crippen molar-refractivity contribution in [2.24, 2.45) is 5.92 Å². The third-order valence-electron chi connectivity index (χ3n) is 4.63. The maximum Gasteiger partial charge on any atom is 0.246 e. The van der Waals surface area contributed by atoms with Crippen molar-refractivity contribution in [3.05, 3.63) is 71.8 Å². The smallest absolute Gasteiger partial charge is 0.246 e. The molecule has 0 fully saturated rings. The number of hydrogen-bond acceptors (Lipinski definition) is 5. The molecule has 1 atom stereocenters. The zero-order valence-electron chi connectivity index (χ0n) is 16.9. The van der Waals surface area contributed by atoms with Gasteiger partial charge in [-0.25, -0.2) is 13.4 Å². The van der Waals surface area contributed by atoms with E-state index in [0.29, 0.717) is 15.8 Å². The standard InChI is InChI=1S/C23H20ClNO3S3/c1-15(2)14-30(26)23-22(31(27,28)20-11-9-19(24)10-12-20)25-21(29-23)18-8-7-16-5-3-4-6-17(16)13-18/h3-13,15H,14H2,1-2H3. The molecule has 0 aliphatic heterocycles. The van der Waals surface area contributed by atoms with Gasteiger partial charge >= 0.3 is 0 Å². The Morgan fingerprint density at radius 3 is 2.39 bits per heavy atom. The second-order valence-corrected chi connectivity index (χ2v) is 12.5. The molecule has 0 radical (unpaired) electrons. The number of nitrogens with zero attached hydrogens (tertiary/aromatic N) is 1. The topological polar surface area (TPSA) is 70.1 Å². The summed E-state index contributed by atoms with van der Waals surface area (Å²) in [6.45, 7) is 3.91. The Kier molecular flexibility index (Phi) is 6.42. The number of hydrogen-bond donors (Lipinski definition) is 0. The fraction of sp³-hybridized carbons (Fsp3) is 0.174. The minimum atomic E-state index is -3.95. The molecule has 0 aliphatic carbocycles. The van der Waals surface area contributed by atoms with Crippen molar-refractivity contribution in [3.8, 4) is 10.6 Å². The quantitative estimate of drug-likeness (QED) is 0.302. The molecule has 0 spiro atoms. The number of halogens is 1. The first-order valence-electron chi connectivity index (χ1n) is 9.65. The number of thiazole rings is 1. The zero-order valence-corrected chi connectivity index (χ0v) is 20.1. The summed E-state index contributed by atoms with van der Waals surface area (Å²) in [6, 6.07) is 19.7. The third kappa shape index (κ3) is 4.66. The van der Waals surface area contributed by atoms with Crippen LogP contribution in [0.15, 0.2) is 80.9 Å². The van der Waals surface area contributed by atoms with Crippen LogP contribution in [0.4, 0.5) is 0 Å². The van der Waals surface area contributed by atoms with E-state index in [2.05, 4.69) is 4.98 Å². The number of fused-ring (bicyclic) bond motifs is 1. The Morgan fingerprint density at radius 2 is 1.71 bits per heavy atom. The molecule has 8 heteroatoms. The minimum Gasteiger partial charge on any atom is -0.611 e. The van der Waals surface area contributed by atoms with E-state index < -0.39 is 21.0 Å². The number of rotatable bonds is 6. The van der Waals surface area contributed by atoms with Gasteiger partial charge in [0, 0.05) is 10.6 Å². The molecule has 160 valence electrons. The first-order valence-corrected chi connectivity index (χ1v) is 13.6. The molecule has 1 heterocycles. The van der Waals surface area contributed by atoms with Crippen LogP contribution in [-0.2, 0) is 21.0 Å². The summed E-state index contributed by atoms with van der Waals surface area (Å²) in [5.41, 5.74) is 0.795. The van der Waals surface area contributed by atoms with Crippen molar-refractivity contribution in [3.63, 3.8) is 0 Å². The van der Waals surface area contributed by atoms with E-state index in [1.54, 1.807) is 0 Å². The van der Waals surface area contributed by atoms with Crippen molar-refractivity contribution >= 4 is 54.7 Å². The molecule has 3 aromatic carbocycles. The molecular weight excluding hydrogens is 470 g/mol. The van der Waals surface area contributed by atoms with Gasteiger partial charge in [0.1, 0.15) is 10.8 Å². The molecule has 1 unspecified atom stereocenters. The summed E-state index contributed by atoms with van der Waals surface area (Å²) >= 11 is 5.62. The normalized spacial score (nSPS) is 13.1. The van der Waals surface area contributed by atoms with Gasteiger partial charge in [-0.15, -0.1) is 0 Å². The first kappa shape index (κ1) is 22.3. The molecule has 4 aromatic rings. The predicted molar refractivity (Wildman–Crippen MR) is 128 cm³/mol. The summed E-state index contributed by atoms with van der Waals surface area (Å²) in [6.07, 6.45) is 0. The highest BCUT2D eigenvalue weighted by Crippen LogP contribution is 2.38. The summed E-state index contributed by atoms with van der Waals surface area (Å²) in [7, 11) is -3.95. The molecule has 0 aliphatic rings. The van der Waals surface area contributed by atoms with Gasteiger partial charge in [0.15, 0.2) is 0 Å².